The van der Waals surface area contributed by atoms with Gasteiger partial charge in [-0.2, -0.15) is 0 Å². The minimum Gasteiger partial charge on any atom is -0.380 e. The van der Waals surface area contributed by atoms with Crippen LogP contribution in [0.25, 0.3) is 0 Å². The number of hydrogen-bond donors (Lipinski definition) is 0. The summed E-state index contributed by atoms with van der Waals surface area (Å²) in [5.41, 5.74) is 0. The van der Waals surface area contributed by atoms with Crippen molar-refractivity contribution in [2.45, 2.75) is 46.1 Å². The number of rotatable bonds is 8. The highest BCUT2D eigenvalue weighted by Crippen LogP contribution is 2.09. The minimum atomic E-state index is 0.461. The molecule has 0 N–H and O–H groups in total. The van der Waals surface area contributed by atoms with Crippen molar-refractivity contribution in [2.75, 3.05) is 13.2 Å². The Kier molecular flexibility index (Phi) is 6.42. The number of ether oxygens (including phenoxy) is 1. The van der Waals surface area contributed by atoms with Crippen LogP contribution >= 0.6 is 11.6 Å². The van der Waals surface area contributed by atoms with Gasteiger partial charge in [-0.1, -0.05) is 20.3 Å². The maximum Gasteiger partial charge on any atom is 0.225 e. The maximum atomic E-state index is 5.95. The number of halogens is 1. The molecule has 0 saturated heterocycles. The monoisotopic (exact) mass is 245 g/mol. The second kappa shape index (κ2) is 7.63. The van der Waals surface area contributed by atoms with Gasteiger partial charge in [0.15, 0.2) is 0 Å². The summed E-state index contributed by atoms with van der Waals surface area (Å²) in [6, 6.07) is 0. The van der Waals surface area contributed by atoms with Gasteiger partial charge in [-0.05, 0) is 24.4 Å². The van der Waals surface area contributed by atoms with Crippen LogP contribution in [0.4, 0.5) is 0 Å². The molecule has 0 atom stereocenters. The number of nitrogens with zero attached hydrogens (tertiary/aromatic N) is 3. The number of unbranched alkanes of at least 4 members (excludes halogenated alkanes) is 1. The van der Waals surface area contributed by atoms with Crippen LogP contribution in [-0.4, -0.2) is 28.0 Å². The lowest BCUT2D eigenvalue weighted by Gasteiger charge is -2.07. The fourth-order valence-corrected chi connectivity index (χ4v) is 1.67. The lowest BCUT2D eigenvalue weighted by Crippen LogP contribution is -2.10. The molecule has 0 aromatic carbocycles. The van der Waals surface area contributed by atoms with Crippen molar-refractivity contribution >= 4 is 11.6 Å². The molecule has 0 bridgehead atoms. The molecule has 1 heterocycles. The number of hydrogen-bond acceptors (Lipinski definition) is 3. The van der Waals surface area contributed by atoms with Crippen molar-refractivity contribution in [1.29, 1.82) is 0 Å². The first-order valence-corrected chi connectivity index (χ1v) is 6.32. The van der Waals surface area contributed by atoms with E-state index in [9.17, 15) is 0 Å². The van der Waals surface area contributed by atoms with Crippen molar-refractivity contribution in [3.63, 3.8) is 0 Å². The molecule has 0 spiro atoms. The van der Waals surface area contributed by atoms with Crippen LogP contribution in [0.3, 0.4) is 0 Å². The molecule has 0 aliphatic heterocycles. The first-order valence-electron chi connectivity index (χ1n) is 5.94. The van der Waals surface area contributed by atoms with Crippen molar-refractivity contribution in [1.82, 2.24) is 14.8 Å². The summed E-state index contributed by atoms with van der Waals surface area (Å²) in [6.45, 7) is 6.50. The molecule has 1 aromatic heterocycles. The molecule has 5 heteroatoms. The largest absolute Gasteiger partial charge is 0.380 e. The Labute approximate surface area is 102 Å². The molecule has 0 fully saturated rings. The third-order valence-electron chi connectivity index (χ3n) is 2.36. The van der Waals surface area contributed by atoms with Crippen LogP contribution in [0.15, 0.2) is 0 Å². The fourth-order valence-electron chi connectivity index (χ4n) is 1.45. The summed E-state index contributed by atoms with van der Waals surface area (Å²) in [4.78, 5) is 0. The fraction of sp³-hybridized carbons (Fsp3) is 0.818. The Morgan fingerprint density at radius 3 is 2.69 bits per heavy atom. The van der Waals surface area contributed by atoms with Crippen LogP contribution in [0.5, 0.6) is 0 Å². The van der Waals surface area contributed by atoms with E-state index >= 15 is 0 Å². The summed E-state index contributed by atoms with van der Waals surface area (Å²) in [5, 5.41) is 8.38. The van der Waals surface area contributed by atoms with Crippen LogP contribution in [0, 0.1) is 0 Å². The SMILES string of the molecule is CCCCOCCn1c(Cl)nnc1CCC. The van der Waals surface area contributed by atoms with Gasteiger partial charge in [0.2, 0.25) is 5.28 Å². The van der Waals surface area contributed by atoms with E-state index in [1.54, 1.807) is 0 Å². The molecule has 0 unspecified atom stereocenters. The molecule has 0 aliphatic carbocycles. The van der Waals surface area contributed by atoms with Gasteiger partial charge in [0.25, 0.3) is 0 Å². The van der Waals surface area contributed by atoms with Crippen LogP contribution in [-0.2, 0) is 17.7 Å². The van der Waals surface area contributed by atoms with Crippen molar-refractivity contribution in [2.24, 2.45) is 0 Å². The lowest BCUT2D eigenvalue weighted by atomic mass is 10.3. The van der Waals surface area contributed by atoms with Crippen molar-refractivity contribution in [3.05, 3.63) is 11.1 Å². The van der Waals surface area contributed by atoms with Gasteiger partial charge in [-0.25, -0.2) is 0 Å². The summed E-state index contributed by atoms with van der Waals surface area (Å²) < 4.78 is 7.43. The molecule has 0 aliphatic rings. The summed E-state index contributed by atoms with van der Waals surface area (Å²) >= 11 is 5.95. The second-order valence-electron chi connectivity index (χ2n) is 3.75. The highest BCUT2D eigenvalue weighted by Gasteiger charge is 2.08. The Morgan fingerprint density at radius 1 is 1.19 bits per heavy atom. The molecule has 0 amide bonds. The molecule has 0 radical (unpaired) electrons. The third-order valence-corrected chi connectivity index (χ3v) is 2.64. The van der Waals surface area contributed by atoms with E-state index in [4.69, 9.17) is 16.3 Å². The van der Waals surface area contributed by atoms with Crippen LogP contribution < -0.4 is 0 Å². The van der Waals surface area contributed by atoms with Gasteiger partial charge < -0.3 is 4.74 Å². The molecule has 4 nitrogen and oxygen atoms in total. The van der Waals surface area contributed by atoms with Gasteiger partial charge in [-0.3, -0.25) is 4.57 Å². The Morgan fingerprint density at radius 2 is 2.00 bits per heavy atom. The number of aryl methyl sites for hydroxylation is 1. The van der Waals surface area contributed by atoms with E-state index < -0.39 is 0 Å². The second-order valence-corrected chi connectivity index (χ2v) is 4.09. The summed E-state index contributed by atoms with van der Waals surface area (Å²) in [6.07, 6.45) is 4.23. The average molecular weight is 246 g/mol. The normalized spacial score (nSPS) is 10.9. The molecule has 1 aromatic rings. The molecular formula is C11H20ClN3O. The molecule has 16 heavy (non-hydrogen) atoms. The molecule has 92 valence electrons. The molecular weight excluding hydrogens is 226 g/mol. The Hall–Kier alpha value is -0.610. The van der Waals surface area contributed by atoms with Gasteiger partial charge in [0, 0.05) is 13.0 Å². The van der Waals surface area contributed by atoms with E-state index in [0.717, 1.165) is 44.7 Å². The summed E-state index contributed by atoms with van der Waals surface area (Å²) in [7, 11) is 0. The van der Waals surface area contributed by atoms with Crippen molar-refractivity contribution in [3.8, 4) is 0 Å². The zero-order valence-corrected chi connectivity index (χ0v) is 10.8. The lowest BCUT2D eigenvalue weighted by molar-refractivity contribution is 0.123. The zero-order valence-electron chi connectivity index (χ0n) is 10.1. The van der Waals surface area contributed by atoms with Gasteiger partial charge in [0.05, 0.1) is 13.2 Å². The van der Waals surface area contributed by atoms with Gasteiger partial charge in [-0.15, -0.1) is 10.2 Å². The van der Waals surface area contributed by atoms with E-state index in [-0.39, 0.29) is 0 Å². The first-order chi connectivity index (χ1) is 7.79. The highest BCUT2D eigenvalue weighted by atomic mass is 35.5. The Bertz CT molecular complexity index is 301. The van der Waals surface area contributed by atoms with Gasteiger partial charge in [0.1, 0.15) is 5.82 Å². The predicted molar refractivity (Wildman–Crippen MR) is 64.8 cm³/mol. The van der Waals surface area contributed by atoms with E-state index in [0.29, 0.717) is 11.9 Å². The molecule has 1 rings (SSSR count). The van der Waals surface area contributed by atoms with E-state index in [1.807, 2.05) is 4.57 Å². The third kappa shape index (κ3) is 4.10. The predicted octanol–water partition coefficient (Wildman–Crippen LogP) is 2.70. The number of aromatic nitrogens is 3. The van der Waals surface area contributed by atoms with Crippen molar-refractivity contribution < 1.29 is 4.74 Å². The quantitative estimate of drug-likeness (QED) is 0.661. The maximum absolute atomic E-state index is 5.95. The topological polar surface area (TPSA) is 39.9 Å². The minimum absolute atomic E-state index is 0.461. The molecule has 0 saturated carbocycles. The van der Waals surface area contributed by atoms with E-state index in [2.05, 4.69) is 24.0 Å². The van der Waals surface area contributed by atoms with Crippen LogP contribution in [0.2, 0.25) is 5.28 Å². The highest BCUT2D eigenvalue weighted by molar-refractivity contribution is 6.28. The average Bonchev–Trinajstić information content (AvgIpc) is 2.61. The van der Waals surface area contributed by atoms with Gasteiger partial charge >= 0.3 is 0 Å². The van der Waals surface area contributed by atoms with E-state index in [1.165, 1.54) is 0 Å². The van der Waals surface area contributed by atoms with Crippen LogP contribution in [0.1, 0.15) is 38.9 Å². The zero-order chi connectivity index (χ0) is 11.8. The smallest absolute Gasteiger partial charge is 0.225 e. The first kappa shape index (κ1) is 13.5. The Balaban J connectivity index is 2.36. The summed E-state index contributed by atoms with van der Waals surface area (Å²) in [5.74, 6) is 0.951. The standard InChI is InChI=1S/C11H20ClN3O/c1-3-5-8-16-9-7-15-10(6-4-2)13-14-11(15)12/h3-9H2,1-2H3.